The molecule has 0 atom stereocenters. The van der Waals surface area contributed by atoms with Gasteiger partial charge in [0.15, 0.2) is 0 Å². The van der Waals surface area contributed by atoms with E-state index in [1.165, 1.54) is 0 Å². The van der Waals surface area contributed by atoms with E-state index in [-0.39, 0.29) is 0 Å². The van der Waals surface area contributed by atoms with Crippen LogP contribution < -0.4 is 5.73 Å². The maximum absolute atomic E-state index is 5.28. The standard InChI is InChI=1S/C6H12N2.C2H6/c1-6(5-7)3-4-8-2;1-2/h3-4H,5,7H2,1-2H3;1-2H3/b6-3+,8-4?;. The number of rotatable bonds is 2. The van der Waals surface area contributed by atoms with E-state index in [1.54, 1.807) is 13.3 Å². The predicted octanol–water partition coefficient (Wildman–Crippen LogP) is 1.62. The molecule has 0 aliphatic carbocycles. The quantitative estimate of drug-likeness (QED) is 0.584. The molecular weight excluding hydrogens is 124 g/mol. The van der Waals surface area contributed by atoms with Crippen LogP contribution in [0.2, 0.25) is 0 Å². The van der Waals surface area contributed by atoms with Crippen molar-refractivity contribution in [2.24, 2.45) is 10.7 Å². The van der Waals surface area contributed by atoms with Gasteiger partial charge in [-0.05, 0) is 13.0 Å². The average molecular weight is 142 g/mol. The van der Waals surface area contributed by atoms with Crippen LogP contribution in [0.4, 0.5) is 0 Å². The smallest absolute Gasteiger partial charge is 0.0277 e. The maximum atomic E-state index is 5.28. The van der Waals surface area contributed by atoms with Crippen LogP contribution in [0, 0.1) is 0 Å². The Morgan fingerprint density at radius 2 is 2.00 bits per heavy atom. The van der Waals surface area contributed by atoms with Crippen LogP contribution in [0.15, 0.2) is 16.6 Å². The molecule has 10 heavy (non-hydrogen) atoms. The first-order chi connectivity index (χ1) is 4.81. The van der Waals surface area contributed by atoms with E-state index in [4.69, 9.17) is 5.73 Å². The van der Waals surface area contributed by atoms with Gasteiger partial charge in [-0.1, -0.05) is 19.4 Å². The molecule has 0 aromatic heterocycles. The summed E-state index contributed by atoms with van der Waals surface area (Å²) in [6.07, 6.45) is 3.64. The molecule has 0 saturated carbocycles. The molecule has 0 aliphatic heterocycles. The van der Waals surface area contributed by atoms with E-state index < -0.39 is 0 Å². The normalized spacial score (nSPS) is 11.1. The lowest BCUT2D eigenvalue weighted by molar-refractivity contribution is 1.14. The van der Waals surface area contributed by atoms with E-state index in [1.807, 2.05) is 26.8 Å². The molecule has 2 nitrogen and oxygen atoms in total. The molecule has 0 saturated heterocycles. The number of allylic oxidation sites excluding steroid dienone is 1. The fourth-order valence-corrected chi connectivity index (χ4v) is 0.270. The van der Waals surface area contributed by atoms with Gasteiger partial charge in [0.2, 0.25) is 0 Å². The number of nitrogens with two attached hydrogens (primary N) is 1. The lowest BCUT2D eigenvalue weighted by atomic mass is 10.3. The van der Waals surface area contributed by atoms with Crippen LogP contribution in [0.3, 0.4) is 0 Å². The molecule has 0 radical (unpaired) electrons. The molecule has 0 aliphatic rings. The Hall–Kier alpha value is -0.630. The fraction of sp³-hybridized carbons (Fsp3) is 0.625. The molecule has 60 valence electrons. The lowest BCUT2D eigenvalue weighted by Crippen LogP contribution is -1.99. The minimum absolute atomic E-state index is 0.617. The van der Waals surface area contributed by atoms with E-state index in [0.717, 1.165) is 5.57 Å². The molecule has 0 unspecified atom stereocenters. The molecule has 0 rings (SSSR count). The summed E-state index contributed by atoms with van der Waals surface area (Å²) < 4.78 is 0. The first-order valence-electron chi connectivity index (χ1n) is 3.59. The van der Waals surface area contributed by atoms with Gasteiger partial charge in [0.05, 0.1) is 0 Å². The summed E-state index contributed by atoms with van der Waals surface area (Å²) >= 11 is 0. The van der Waals surface area contributed by atoms with Crippen LogP contribution >= 0.6 is 0 Å². The predicted molar refractivity (Wildman–Crippen MR) is 48.6 cm³/mol. The zero-order valence-corrected chi connectivity index (χ0v) is 7.39. The van der Waals surface area contributed by atoms with Gasteiger partial charge < -0.3 is 5.73 Å². The zero-order chi connectivity index (χ0) is 8.41. The third-order valence-electron chi connectivity index (χ3n) is 0.830. The van der Waals surface area contributed by atoms with Gasteiger partial charge in [-0.3, -0.25) is 4.99 Å². The Balaban J connectivity index is 0. The Morgan fingerprint density at radius 3 is 2.30 bits per heavy atom. The molecule has 0 heterocycles. The van der Waals surface area contributed by atoms with Gasteiger partial charge in [0.25, 0.3) is 0 Å². The number of nitrogens with zero attached hydrogens (tertiary/aromatic N) is 1. The van der Waals surface area contributed by atoms with Crippen molar-refractivity contribution in [2.45, 2.75) is 20.8 Å². The second-order valence-electron chi connectivity index (χ2n) is 1.62. The average Bonchev–Trinajstić information content (AvgIpc) is 2.04. The van der Waals surface area contributed by atoms with E-state index in [9.17, 15) is 0 Å². The Kier molecular flexibility index (Phi) is 13.5. The van der Waals surface area contributed by atoms with Crippen molar-refractivity contribution in [3.05, 3.63) is 11.6 Å². The van der Waals surface area contributed by atoms with Crippen LogP contribution in [0.5, 0.6) is 0 Å². The molecule has 0 amide bonds. The molecule has 0 aromatic rings. The lowest BCUT2D eigenvalue weighted by Gasteiger charge is -1.87. The molecule has 2 N–H and O–H groups in total. The van der Waals surface area contributed by atoms with Crippen molar-refractivity contribution in [1.82, 2.24) is 0 Å². The second kappa shape index (κ2) is 11.2. The van der Waals surface area contributed by atoms with Crippen molar-refractivity contribution in [3.63, 3.8) is 0 Å². The molecule has 0 spiro atoms. The fourth-order valence-electron chi connectivity index (χ4n) is 0.270. The van der Waals surface area contributed by atoms with Crippen LogP contribution in [-0.4, -0.2) is 19.8 Å². The number of aliphatic imine (C=N–C) groups is 1. The first-order valence-corrected chi connectivity index (χ1v) is 3.59. The Morgan fingerprint density at radius 1 is 1.50 bits per heavy atom. The monoisotopic (exact) mass is 142 g/mol. The van der Waals surface area contributed by atoms with Crippen molar-refractivity contribution < 1.29 is 0 Å². The third kappa shape index (κ3) is 10.4. The van der Waals surface area contributed by atoms with Crippen molar-refractivity contribution in [3.8, 4) is 0 Å². The summed E-state index contributed by atoms with van der Waals surface area (Å²) in [6, 6.07) is 0. The molecule has 0 aromatic carbocycles. The molecule has 0 fully saturated rings. The summed E-state index contributed by atoms with van der Waals surface area (Å²) in [6.45, 7) is 6.59. The van der Waals surface area contributed by atoms with Crippen LogP contribution in [0.1, 0.15) is 20.8 Å². The summed E-state index contributed by atoms with van der Waals surface area (Å²) in [5.41, 5.74) is 6.43. The highest BCUT2D eigenvalue weighted by Gasteiger charge is 1.76. The Bertz CT molecular complexity index is 104. The molecular formula is C8H18N2. The highest BCUT2D eigenvalue weighted by Crippen LogP contribution is 1.82. The van der Waals surface area contributed by atoms with Crippen molar-refractivity contribution in [1.29, 1.82) is 0 Å². The SMILES string of the molecule is CC.CN=C/C=C(\C)CN. The third-order valence-corrected chi connectivity index (χ3v) is 0.830. The highest BCUT2D eigenvalue weighted by atomic mass is 14.6. The summed E-state index contributed by atoms with van der Waals surface area (Å²) in [5.74, 6) is 0. The van der Waals surface area contributed by atoms with Gasteiger partial charge in [-0.2, -0.15) is 0 Å². The summed E-state index contributed by atoms with van der Waals surface area (Å²) in [4.78, 5) is 3.77. The van der Waals surface area contributed by atoms with Gasteiger partial charge in [-0.15, -0.1) is 0 Å². The van der Waals surface area contributed by atoms with Crippen LogP contribution in [0.25, 0.3) is 0 Å². The van der Waals surface area contributed by atoms with Gasteiger partial charge >= 0.3 is 0 Å². The molecule has 2 heteroatoms. The first kappa shape index (κ1) is 12.1. The van der Waals surface area contributed by atoms with E-state index in [2.05, 4.69) is 4.99 Å². The minimum atomic E-state index is 0.617. The minimum Gasteiger partial charge on any atom is -0.327 e. The van der Waals surface area contributed by atoms with E-state index >= 15 is 0 Å². The topological polar surface area (TPSA) is 38.4 Å². The van der Waals surface area contributed by atoms with E-state index in [0.29, 0.717) is 6.54 Å². The number of hydrogen-bond donors (Lipinski definition) is 1. The second-order valence-corrected chi connectivity index (χ2v) is 1.62. The van der Waals surface area contributed by atoms with Crippen molar-refractivity contribution in [2.75, 3.05) is 13.6 Å². The number of hydrogen-bond acceptors (Lipinski definition) is 2. The largest absolute Gasteiger partial charge is 0.327 e. The summed E-state index contributed by atoms with van der Waals surface area (Å²) in [7, 11) is 1.74. The highest BCUT2D eigenvalue weighted by molar-refractivity contribution is 5.71. The van der Waals surface area contributed by atoms with Gasteiger partial charge in [-0.25, -0.2) is 0 Å². The summed E-state index contributed by atoms with van der Waals surface area (Å²) in [5, 5.41) is 0. The van der Waals surface area contributed by atoms with Gasteiger partial charge in [0, 0.05) is 19.8 Å². The molecule has 0 bridgehead atoms. The van der Waals surface area contributed by atoms with Gasteiger partial charge in [0.1, 0.15) is 0 Å². The van der Waals surface area contributed by atoms with Crippen molar-refractivity contribution >= 4 is 6.21 Å². The van der Waals surface area contributed by atoms with Crippen LogP contribution in [-0.2, 0) is 0 Å². The maximum Gasteiger partial charge on any atom is 0.0277 e. The zero-order valence-electron chi connectivity index (χ0n) is 7.39. The Labute approximate surface area is 63.8 Å².